The van der Waals surface area contributed by atoms with Crippen molar-refractivity contribution < 1.29 is 8.42 Å². The van der Waals surface area contributed by atoms with E-state index in [4.69, 9.17) is 0 Å². The Morgan fingerprint density at radius 2 is 2.22 bits per heavy atom. The molecule has 3 heterocycles. The second-order valence-corrected chi connectivity index (χ2v) is 7.82. The lowest BCUT2D eigenvalue weighted by Crippen LogP contribution is -2.47. The molecule has 0 spiro atoms. The molecular weight excluding hydrogens is 314 g/mol. The van der Waals surface area contributed by atoms with Crippen LogP contribution in [0.4, 0.5) is 0 Å². The highest BCUT2D eigenvalue weighted by Gasteiger charge is 2.25. The van der Waals surface area contributed by atoms with Gasteiger partial charge in [-0.3, -0.25) is 4.68 Å². The highest BCUT2D eigenvalue weighted by atomic mass is 32.2. The summed E-state index contributed by atoms with van der Waals surface area (Å²) in [5, 5.41) is 5.05. The summed E-state index contributed by atoms with van der Waals surface area (Å²) in [5.41, 5.74) is 1.47. The van der Waals surface area contributed by atoms with Gasteiger partial charge in [-0.25, -0.2) is 18.1 Å². The van der Waals surface area contributed by atoms with Crippen molar-refractivity contribution in [1.29, 1.82) is 0 Å². The van der Waals surface area contributed by atoms with Crippen LogP contribution >= 0.6 is 0 Å². The standard InChI is InChI=1S/C15H23N5O2S/c1-4-20-7-5-6-12(10-20)18-23(21,22)13-8-14-11(2)17-19(3)15(14)16-9-13/h8-9,12,18H,4-7,10H2,1-3H3. The number of hydrogen-bond acceptors (Lipinski definition) is 5. The predicted octanol–water partition coefficient (Wildman–Crippen LogP) is 1.04. The molecule has 0 radical (unpaired) electrons. The van der Waals surface area contributed by atoms with Gasteiger partial charge >= 0.3 is 0 Å². The van der Waals surface area contributed by atoms with Gasteiger partial charge < -0.3 is 4.90 Å². The highest BCUT2D eigenvalue weighted by molar-refractivity contribution is 7.89. The molecule has 7 nitrogen and oxygen atoms in total. The summed E-state index contributed by atoms with van der Waals surface area (Å²) < 4.78 is 29.8. The molecule has 1 aliphatic rings. The Labute approximate surface area is 136 Å². The van der Waals surface area contributed by atoms with E-state index < -0.39 is 10.0 Å². The zero-order valence-corrected chi connectivity index (χ0v) is 14.6. The zero-order chi connectivity index (χ0) is 16.6. The van der Waals surface area contributed by atoms with Crippen LogP contribution in [0.15, 0.2) is 17.2 Å². The number of aromatic nitrogens is 3. The summed E-state index contributed by atoms with van der Waals surface area (Å²) in [6.07, 6.45) is 3.30. The number of pyridine rings is 1. The third kappa shape index (κ3) is 3.24. The molecule has 0 bridgehead atoms. The van der Waals surface area contributed by atoms with Crippen molar-refractivity contribution in [2.24, 2.45) is 7.05 Å². The maximum absolute atomic E-state index is 12.7. The summed E-state index contributed by atoms with van der Waals surface area (Å²) in [6, 6.07) is 1.62. The van der Waals surface area contributed by atoms with Crippen molar-refractivity contribution in [3.63, 3.8) is 0 Å². The first kappa shape index (κ1) is 16.4. The average molecular weight is 337 g/mol. The lowest BCUT2D eigenvalue weighted by molar-refractivity contribution is 0.211. The smallest absolute Gasteiger partial charge is 0.242 e. The van der Waals surface area contributed by atoms with Crippen LogP contribution < -0.4 is 4.72 Å². The Bertz CT molecular complexity index is 815. The molecule has 1 unspecified atom stereocenters. The summed E-state index contributed by atoms with van der Waals surface area (Å²) in [7, 11) is -1.77. The van der Waals surface area contributed by atoms with Gasteiger partial charge in [0.15, 0.2) is 5.65 Å². The van der Waals surface area contributed by atoms with E-state index in [1.165, 1.54) is 6.20 Å². The molecule has 0 aromatic carbocycles. The molecule has 1 N–H and O–H groups in total. The minimum atomic E-state index is -3.57. The molecule has 1 atom stereocenters. The fourth-order valence-corrected chi connectivity index (χ4v) is 4.39. The highest BCUT2D eigenvalue weighted by Crippen LogP contribution is 2.20. The second-order valence-electron chi connectivity index (χ2n) is 6.10. The van der Waals surface area contributed by atoms with Crippen LogP contribution in [0, 0.1) is 6.92 Å². The van der Waals surface area contributed by atoms with Crippen molar-refractivity contribution in [2.45, 2.75) is 37.6 Å². The van der Waals surface area contributed by atoms with Crippen LogP contribution in [0.1, 0.15) is 25.5 Å². The minimum absolute atomic E-state index is 0.0422. The van der Waals surface area contributed by atoms with Crippen molar-refractivity contribution in [2.75, 3.05) is 19.6 Å². The van der Waals surface area contributed by atoms with Gasteiger partial charge in [-0.05, 0) is 38.9 Å². The van der Waals surface area contributed by atoms with Crippen molar-refractivity contribution >= 4 is 21.1 Å². The first-order chi connectivity index (χ1) is 10.9. The number of nitrogens with zero attached hydrogens (tertiary/aromatic N) is 4. The molecule has 0 saturated carbocycles. The molecule has 1 aliphatic heterocycles. The normalized spacial score (nSPS) is 20.2. The molecule has 2 aromatic heterocycles. The Morgan fingerprint density at radius 1 is 1.43 bits per heavy atom. The number of nitrogens with one attached hydrogen (secondary N) is 1. The first-order valence-electron chi connectivity index (χ1n) is 7.94. The molecule has 23 heavy (non-hydrogen) atoms. The SMILES string of the molecule is CCN1CCCC(NS(=O)(=O)c2cnc3c(c2)c(C)nn3C)C1. The Hall–Kier alpha value is -1.51. The van der Waals surface area contributed by atoms with Crippen LogP contribution in [0.5, 0.6) is 0 Å². The summed E-state index contributed by atoms with van der Waals surface area (Å²) in [6.45, 7) is 6.70. The van der Waals surface area contributed by atoms with Gasteiger partial charge in [-0.15, -0.1) is 0 Å². The third-order valence-corrected chi connectivity index (χ3v) is 5.91. The average Bonchev–Trinajstić information content (AvgIpc) is 2.81. The Morgan fingerprint density at radius 3 is 2.96 bits per heavy atom. The van der Waals surface area contributed by atoms with Crippen LogP contribution in [-0.4, -0.2) is 53.8 Å². The van der Waals surface area contributed by atoms with E-state index in [-0.39, 0.29) is 10.9 Å². The molecule has 1 fully saturated rings. The lowest BCUT2D eigenvalue weighted by atomic mass is 10.1. The van der Waals surface area contributed by atoms with E-state index in [9.17, 15) is 8.42 Å². The maximum atomic E-state index is 12.7. The number of likely N-dealkylation sites (N-methyl/N-ethyl adjacent to an activating group) is 1. The number of hydrogen-bond donors (Lipinski definition) is 1. The molecule has 126 valence electrons. The molecule has 3 rings (SSSR count). The zero-order valence-electron chi connectivity index (χ0n) is 13.8. The molecule has 2 aromatic rings. The summed E-state index contributed by atoms with van der Waals surface area (Å²) in [4.78, 5) is 6.73. The molecule has 1 saturated heterocycles. The topological polar surface area (TPSA) is 80.1 Å². The largest absolute Gasteiger partial charge is 0.302 e. The van der Waals surface area contributed by atoms with Crippen molar-refractivity contribution in [1.82, 2.24) is 24.4 Å². The first-order valence-corrected chi connectivity index (χ1v) is 9.43. The maximum Gasteiger partial charge on any atom is 0.242 e. The van der Waals surface area contributed by atoms with E-state index in [1.807, 2.05) is 6.92 Å². The molecule has 0 amide bonds. The monoisotopic (exact) mass is 337 g/mol. The van der Waals surface area contributed by atoms with E-state index in [0.717, 1.165) is 43.6 Å². The van der Waals surface area contributed by atoms with Crippen molar-refractivity contribution in [3.8, 4) is 0 Å². The number of likely N-dealkylation sites (tertiary alicyclic amines) is 1. The third-order valence-electron chi connectivity index (χ3n) is 4.42. The van der Waals surface area contributed by atoms with E-state index in [1.54, 1.807) is 17.8 Å². The second kappa shape index (κ2) is 6.18. The summed E-state index contributed by atoms with van der Waals surface area (Å²) in [5.74, 6) is 0. The fraction of sp³-hybridized carbons (Fsp3) is 0.600. The van der Waals surface area contributed by atoms with Crippen LogP contribution in [0.3, 0.4) is 0 Å². The molecule has 0 aliphatic carbocycles. The van der Waals surface area contributed by atoms with Gasteiger partial charge in [-0.1, -0.05) is 6.92 Å². The fourth-order valence-electron chi connectivity index (χ4n) is 3.16. The van der Waals surface area contributed by atoms with Gasteiger partial charge in [0.05, 0.1) is 5.69 Å². The summed E-state index contributed by atoms with van der Waals surface area (Å²) >= 11 is 0. The number of fused-ring (bicyclic) bond motifs is 1. The van der Waals surface area contributed by atoms with Gasteiger partial charge in [0.2, 0.25) is 10.0 Å². The molecular formula is C15H23N5O2S. The Kier molecular flexibility index (Phi) is 4.39. The number of aryl methyl sites for hydroxylation is 2. The van der Waals surface area contributed by atoms with Gasteiger partial charge in [0, 0.05) is 31.2 Å². The lowest BCUT2D eigenvalue weighted by Gasteiger charge is -2.32. The number of rotatable bonds is 4. The van der Waals surface area contributed by atoms with Crippen molar-refractivity contribution in [3.05, 3.63) is 18.0 Å². The van der Waals surface area contributed by atoms with Crippen LogP contribution in [0.25, 0.3) is 11.0 Å². The number of sulfonamides is 1. The van der Waals surface area contributed by atoms with E-state index >= 15 is 0 Å². The van der Waals surface area contributed by atoms with Crippen LogP contribution in [0.2, 0.25) is 0 Å². The van der Waals surface area contributed by atoms with Gasteiger partial charge in [-0.2, -0.15) is 5.10 Å². The predicted molar refractivity (Wildman–Crippen MR) is 88.7 cm³/mol. The van der Waals surface area contributed by atoms with Gasteiger partial charge in [0.25, 0.3) is 0 Å². The van der Waals surface area contributed by atoms with E-state index in [2.05, 4.69) is 26.6 Å². The van der Waals surface area contributed by atoms with Crippen LogP contribution in [-0.2, 0) is 17.1 Å². The molecule has 8 heteroatoms. The van der Waals surface area contributed by atoms with Gasteiger partial charge in [0.1, 0.15) is 4.90 Å². The quantitative estimate of drug-likeness (QED) is 0.902. The van der Waals surface area contributed by atoms with E-state index in [0.29, 0.717) is 5.65 Å². The Balaban J connectivity index is 1.86. The minimum Gasteiger partial charge on any atom is -0.302 e. The number of piperidine rings is 1.